The van der Waals surface area contributed by atoms with Crippen LogP contribution in [0.3, 0.4) is 0 Å². The van der Waals surface area contributed by atoms with E-state index in [0.717, 1.165) is 10.0 Å². The highest BCUT2D eigenvalue weighted by Crippen LogP contribution is 2.25. The van der Waals surface area contributed by atoms with E-state index in [-0.39, 0.29) is 30.3 Å². The summed E-state index contributed by atoms with van der Waals surface area (Å²) in [7, 11) is 0. The third kappa shape index (κ3) is 7.91. The number of hydrogen-bond donors (Lipinski definition) is 2. The lowest BCUT2D eigenvalue weighted by atomic mass is 9.96. The number of hydrogen-bond acceptors (Lipinski definition) is 0. The van der Waals surface area contributed by atoms with Crippen LogP contribution in [-0.4, -0.2) is 31.7 Å². The lowest BCUT2D eigenvalue weighted by Crippen LogP contribution is -3.00. The Kier molecular flexibility index (Phi) is 13.5. The summed E-state index contributed by atoms with van der Waals surface area (Å²) in [6.07, 6.45) is 2.35. The average Bonchev–Trinajstić information content (AvgIpc) is 2.92. The van der Waals surface area contributed by atoms with Crippen LogP contribution in [0.4, 0.5) is 0 Å². The summed E-state index contributed by atoms with van der Waals surface area (Å²) in [6, 6.07) is 12.6. The van der Waals surface area contributed by atoms with Crippen LogP contribution in [0.25, 0.3) is 0 Å². The molecule has 2 heterocycles. The number of rotatable bonds is 0. The second kappa shape index (κ2) is 13.7. The molecule has 0 saturated carbocycles. The fourth-order valence-corrected chi connectivity index (χ4v) is 4.37. The van der Waals surface area contributed by atoms with Crippen molar-refractivity contribution in [2.75, 3.05) is 26.2 Å². The SMILES string of the molecule is C[C@H]1C[NH2+]CCc2ccc(Cl)cc21.C[C@H]1C[NH2+]CCc2ccc(Cl)cc21.O.[Cl-].[Cl-]. The van der Waals surface area contributed by atoms with Crippen LogP contribution in [0.2, 0.25) is 10.0 Å². The predicted molar refractivity (Wildman–Crippen MR) is 114 cm³/mol. The quantitative estimate of drug-likeness (QED) is 0.389. The molecule has 0 amide bonds. The summed E-state index contributed by atoms with van der Waals surface area (Å²) in [5.74, 6) is 1.27. The number of nitrogens with two attached hydrogens (primary N) is 2. The Balaban J connectivity index is 0.000000490. The van der Waals surface area contributed by atoms with E-state index >= 15 is 0 Å². The third-order valence-electron chi connectivity index (χ3n) is 5.55. The second-order valence-electron chi connectivity index (χ2n) is 7.61. The van der Waals surface area contributed by atoms with Crippen molar-refractivity contribution in [1.82, 2.24) is 0 Å². The van der Waals surface area contributed by atoms with E-state index in [1.54, 1.807) is 0 Å². The van der Waals surface area contributed by atoms with E-state index in [9.17, 15) is 0 Å². The minimum Gasteiger partial charge on any atom is -1.00 e. The highest BCUT2D eigenvalue weighted by atomic mass is 35.5. The van der Waals surface area contributed by atoms with Gasteiger partial charge in [0.25, 0.3) is 0 Å². The Morgan fingerprint density at radius 3 is 1.48 bits per heavy atom. The molecular weight excluding hydrogens is 450 g/mol. The van der Waals surface area contributed by atoms with E-state index in [1.807, 2.05) is 12.1 Å². The van der Waals surface area contributed by atoms with E-state index in [2.05, 4.69) is 48.7 Å². The van der Waals surface area contributed by atoms with Gasteiger partial charge in [-0.2, -0.15) is 0 Å². The number of quaternary nitrogens is 2. The highest BCUT2D eigenvalue weighted by Gasteiger charge is 2.17. The van der Waals surface area contributed by atoms with Crippen LogP contribution >= 0.6 is 23.2 Å². The first-order valence-corrected chi connectivity index (χ1v) is 10.5. The van der Waals surface area contributed by atoms with Gasteiger partial charge in [-0.05, 0) is 46.5 Å². The van der Waals surface area contributed by atoms with Gasteiger partial charge in [0.2, 0.25) is 0 Å². The standard InChI is InChI=1S/2C11H14ClN.2ClH.H2O/c2*1-8-7-13-5-4-9-2-3-10(12)6-11(8)9;;;/h2*2-3,6,8,13H,4-5,7H2,1H3;2*1H;1H2/t2*8-;;;/m00.../s1. The molecule has 0 spiro atoms. The maximum atomic E-state index is 5.99. The van der Waals surface area contributed by atoms with Crippen LogP contribution in [0.1, 0.15) is 47.9 Å². The Bertz CT molecular complexity index is 694. The largest absolute Gasteiger partial charge is 1.00 e. The first kappa shape index (κ1) is 28.5. The molecule has 0 radical (unpaired) electrons. The molecule has 2 atom stereocenters. The zero-order chi connectivity index (χ0) is 18.5. The monoisotopic (exact) mass is 480 g/mol. The van der Waals surface area contributed by atoms with Crippen molar-refractivity contribution in [3.8, 4) is 0 Å². The third-order valence-corrected chi connectivity index (χ3v) is 6.02. The number of benzene rings is 2. The van der Waals surface area contributed by atoms with Gasteiger partial charge in [0.15, 0.2) is 0 Å². The van der Waals surface area contributed by atoms with E-state index in [4.69, 9.17) is 23.2 Å². The zero-order valence-corrected chi connectivity index (χ0v) is 20.1. The molecule has 0 aliphatic carbocycles. The normalized spacial score (nSPS) is 19.9. The fraction of sp³-hybridized carbons (Fsp3) is 0.455. The van der Waals surface area contributed by atoms with Gasteiger partial charge >= 0.3 is 0 Å². The highest BCUT2D eigenvalue weighted by molar-refractivity contribution is 6.30. The van der Waals surface area contributed by atoms with Crippen LogP contribution in [-0.2, 0) is 12.8 Å². The zero-order valence-electron chi connectivity index (χ0n) is 17.0. The van der Waals surface area contributed by atoms with E-state index in [1.165, 1.54) is 61.3 Å². The smallest absolute Gasteiger partial charge is 0.0822 e. The molecule has 29 heavy (non-hydrogen) atoms. The molecular formula is C22H32Cl4N2O. The van der Waals surface area contributed by atoms with Crippen molar-refractivity contribution in [3.63, 3.8) is 0 Å². The van der Waals surface area contributed by atoms with Crippen molar-refractivity contribution in [2.45, 2.75) is 38.5 Å². The first-order valence-electron chi connectivity index (χ1n) is 9.74. The van der Waals surface area contributed by atoms with Gasteiger partial charge in [-0.3, -0.25) is 0 Å². The average molecular weight is 482 g/mol. The Hall–Kier alpha value is -0.520. The maximum absolute atomic E-state index is 5.99. The van der Waals surface area contributed by atoms with Crippen LogP contribution < -0.4 is 35.4 Å². The molecule has 0 aromatic heterocycles. The van der Waals surface area contributed by atoms with Gasteiger partial charge in [-0.15, -0.1) is 0 Å². The molecule has 2 aromatic rings. The summed E-state index contributed by atoms with van der Waals surface area (Å²) >= 11 is 12.0. The van der Waals surface area contributed by atoms with Crippen molar-refractivity contribution in [3.05, 3.63) is 68.7 Å². The van der Waals surface area contributed by atoms with Crippen LogP contribution in [0.5, 0.6) is 0 Å². The van der Waals surface area contributed by atoms with E-state index < -0.39 is 0 Å². The summed E-state index contributed by atoms with van der Waals surface area (Å²) in [5, 5.41) is 6.51. The summed E-state index contributed by atoms with van der Waals surface area (Å²) in [6.45, 7) is 9.34. The summed E-state index contributed by atoms with van der Waals surface area (Å²) in [4.78, 5) is 0. The molecule has 4 rings (SSSR count). The lowest BCUT2D eigenvalue weighted by Gasteiger charge is -2.10. The molecule has 0 bridgehead atoms. The Morgan fingerprint density at radius 1 is 0.724 bits per heavy atom. The van der Waals surface area contributed by atoms with E-state index in [0.29, 0.717) is 11.8 Å². The predicted octanol–water partition coefficient (Wildman–Crippen LogP) is -3.69. The van der Waals surface area contributed by atoms with Gasteiger partial charge in [0.05, 0.1) is 26.2 Å². The van der Waals surface area contributed by atoms with Crippen molar-refractivity contribution >= 4 is 23.2 Å². The van der Waals surface area contributed by atoms with Gasteiger partial charge in [-0.1, -0.05) is 49.2 Å². The van der Waals surface area contributed by atoms with Crippen LogP contribution in [0, 0.1) is 0 Å². The molecule has 0 fully saturated rings. The Labute approximate surface area is 197 Å². The lowest BCUT2D eigenvalue weighted by molar-refractivity contribution is -0.655. The summed E-state index contributed by atoms with van der Waals surface area (Å²) < 4.78 is 0. The molecule has 2 aliphatic heterocycles. The van der Waals surface area contributed by atoms with Gasteiger partial charge in [0.1, 0.15) is 0 Å². The fourth-order valence-electron chi connectivity index (χ4n) is 4.01. The molecule has 164 valence electrons. The van der Waals surface area contributed by atoms with Crippen LogP contribution in [0.15, 0.2) is 36.4 Å². The molecule has 6 N–H and O–H groups in total. The van der Waals surface area contributed by atoms with Crippen molar-refractivity contribution < 1.29 is 40.9 Å². The van der Waals surface area contributed by atoms with Gasteiger partial charge < -0.3 is 40.9 Å². The second-order valence-corrected chi connectivity index (χ2v) is 8.49. The van der Waals surface area contributed by atoms with Crippen molar-refractivity contribution in [1.29, 1.82) is 0 Å². The molecule has 2 aromatic carbocycles. The minimum atomic E-state index is 0. The topological polar surface area (TPSA) is 64.7 Å². The van der Waals surface area contributed by atoms with Crippen molar-refractivity contribution in [2.24, 2.45) is 0 Å². The number of fused-ring (bicyclic) bond motifs is 2. The van der Waals surface area contributed by atoms with Gasteiger partial charge in [0, 0.05) is 34.7 Å². The molecule has 3 nitrogen and oxygen atoms in total. The maximum Gasteiger partial charge on any atom is 0.0822 e. The molecule has 0 unspecified atom stereocenters. The molecule has 7 heteroatoms. The number of halogens is 4. The van der Waals surface area contributed by atoms with Gasteiger partial charge in [-0.25, -0.2) is 0 Å². The molecule has 0 saturated heterocycles. The Morgan fingerprint density at radius 2 is 1.10 bits per heavy atom. The molecule has 2 aliphatic rings. The minimum absolute atomic E-state index is 0. The first-order chi connectivity index (χ1) is 12.5. The summed E-state index contributed by atoms with van der Waals surface area (Å²) in [5.41, 5.74) is 5.85.